The van der Waals surface area contributed by atoms with Crippen molar-refractivity contribution in [1.82, 2.24) is 9.97 Å². The minimum absolute atomic E-state index is 0.669. The van der Waals surface area contributed by atoms with Crippen molar-refractivity contribution in [3.8, 4) is 22.5 Å². The molecule has 4 heterocycles. The molecule has 130 valence electrons. The maximum atomic E-state index is 6.18. The molecule has 4 heteroatoms. The minimum atomic E-state index is 0.669. The number of aromatic nitrogens is 3. The van der Waals surface area contributed by atoms with Gasteiger partial charge in [0.25, 0.3) is 0 Å². The van der Waals surface area contributed by atoms with Crippen LogP contribution in [0.25, 0.3) is 44.6 Å². The second-order valence-electron chi connectivity index (χ2n) is 6.72. The molecule has 0 aliphatic rings. The van der Waals surface area contributed by atoms with E-state index in [1.165, 1.54) is 0 Å². The third kappa shape index (κ3) is 2.49. The van der Waals surface area contributed by atoms with Crippen LogP contribution in [0, 0.1) is 6.92 Å². The number of nitrogens with zero attached hydrogens (tertiary/aromatic N) is 3. The van der Waals surface area contributed by atoms with E-state index in [1.54, 1.807) is 6.20 Å². The van der Waals surface area contributed by atoms with Crippen molar-refractivity contribution >= 4 is 22.1 Å². The SMILES string of the molecule is Cc1ccc2c(oc3ncccc32)c1-c1cc(-c2ccccn2)cc[n+]1C. The lowest BCUT2D eigenvalue weighted by atomic mass is 9.99. The van der Waals surface area contributed by atoms with Crippen LogP contribution in [0.3, 0.4) is 0 Å². The Bertz CT molecular complexity index is 1290. The molecule has 0 saturated heterocycles. The van der Waals surface area contributed by atoms with Crippen molar-refractivity contribution in [3.05, 3.63) is 78.8 Å². The molecule has 4 nitrogen and oxygen atoms in total. The number of fused-ring (bicyclic) bond motifs is 3. The molecule has 0 aliphatic heterocycles. The molecule has 0 radical (unpaired) electrons. The highest BCUT2D eigenvalue weighted by Gasteiger charge is 2.21. The normalized spacial score (nSPS) is 11.3. The highest BCUT2D eigenvalue weighted by molar-refractivity contribution is 6.08. The number of benzene rings is 1. The Hall–Kier alpha value is -3.53. The van der Waals surface area contributed by atoms with Gasteiger partial charge in [0.2, 0.25) is 11.4 Å². The van der Waals surface area contributed by atoms with Crippen molar-refractivity contribution in [2.75, 3.05) is 0 Å². The van der Waals surface area contributed by atoms with Crippen molar-refractivity contribution in [3.63, 3.8) is 0 Å². The number of aryl methyl sites for hydroxylation is 2. The minimum Gasteiger partial charge on any atom is -0.437 e. The number of hydrogen-bond acceptors (Lipinski definition) is 3. The van der Waals surface area contributed by atoms with Crippen LogP contribution in [0.1, 0.15) is 5.56 Å². The lowest BCUT2D eigenvalue weighted by molar-refractivity contribution is -0.660. The lowest BCUT2D eigenvalue weighted by Crippen LogP contribution is -2.30. The van der Waals surface area contributed by atoms with E-state index in [2.05, 4.69) is 65.0 Å². The second-order valence-corrected chi connectivity index (χ2v) is 6.72. The number of rotatable bonds is 2. The topological polar surface area (TPSA) is 42.8 Å². The van der Waals surface area contributed by atoms with Crippen molar-refractivity contribution < 1.29 is 8.98 Å². The molecule has 4 aromatic heterocycles. The average Bonchev–Trinajstić information content (AvgIpc) is 3.08. The summed E-state index contributed by atoms with van der Waals surface area (Å²) in [6.07, 6.45) is 5.65. The second kappa shape index (κ2) is 6.02. The fourth-order valence-corrected chi connectivity index (χ4v) is 3.60. The van der Waals surface area contributed by atoms with Gasteiger partial charge in [-0.1, -0.05) is 18.2 Å². The average molecular weight is 352 g/mol. The molecule has 27 heavy (non-hydrogen) atoms. The monoisotopic (exact) mass is 352 g/mol. The predicted octanol–water partition coefficient (Wildman–Crippen LogP) is 4.84. The maximum Gasteiger partial charge on any atom is 0.227 e. The molecule has 5 aromatic rings. The van der Waals surface area contributed by atoms with Gasteiger partial charge in [-0.25, -0.2) is 9.55 Å². The molecular weight excluding hydrogens is 334 g/mol. The Balaban J connectivity index is 1.82. The molecule has 0 saturated carbocycles. The van der Waals surface area contributed by atoms with E-state index in [9.17, 15) is 0 Å². The van der Waals surface area contributed by atoms with Crippen LogP contribution >= 0.6 is 0 Å². The number of furan rings is 1. The first-order valence-electron chi connectivity index (χ1n) is 8.90. The molecule has 0 N–H and O–H groups in total. The Morgan fingerprint density at radius 2 is 1.78 bits per heavy atom. The van der Waals surface area contributed by atoms with Gasteiger partial charge in [-0.2, -0.15) is 0 Å². The van der Waals surface area contributed by atoms with E-state index in [1.807, 2.05) is 30.5 Å². The molecular formula is C23H18N3O+. The predicted molar refractivity (Wildman–Crippen MR) is 106 cm³/mol. The Morgan fingerprint density at radius 1 is 0.889 bits per heavy atom. The summed E-state index contributed by atoms with van der Waals surface area (Å²) >= 11 is 0. The first-order chi connectivity index (χ1) is 13.2. The van der Waals surface area contributed by atoms with Crippen LogP contribution in [0.5, 0.6) is 0 Å². The standard InChI is InChI=1S/C23H18N3O/c1-15-8-9-17-18-6-5-12-25-23(18)27-22(17)21(15)20-14-16(10-13-26(20)2)19-7-3-4-11-24-19/h3-14H,1-2H3/q+1. The van der Waals surface area contributed by atoms with Gasteiger partial charge < -0.3 is 4.42 Å². The third-order valence-corrected chi connectivity index (χ3v) is 4.99. The smallest absolute Gasteiger partial charge is 0.227 e. The molecule has 0 spiro atoms. The van der Waals surface area contributed by atoms with E-state index in [0.717, 1.165) is 44.4 Å². The Labute approximate surface area is 156 Å². The van der Waals surface area contributed by atoms with Crippen LogP contribution < -0.4 is 4.57 Å². The molecule has 0 fully saturated rings. The van der Waals surface area contributed by atoms with Crippen LogP contribution in [0.15, 0.2) is 77.6 Å². The van der Waals surface area contributed by atoms with Gasteiger partial charge in [0.1, 0.15) is 7.05 Å². The van der Waals surface area contributed by atoms with Gasteiger partial charge in [0.15, 0.2) is 11.8 Å². The lowest BCUT2D eigenvalue weighted by Gasteiger charge is -2.07. The Kier molecular flexibility index (Phi) is 3.50. The summed E-state index contributed by atoms with van der Waals surface area (Å²) in [5.74, 6) is 0. The summed E-state index contributed by atoms with van der Waals surface area (Å²) < 4.78 is 8.30. The zero-order valence-corrected chi connectivity index (χ0v) is 15.2. The first-order valence-corrected chi connectivity index (χ1v) is 8.90. The fourth-order valence-electron chi connectivity index (χ4n) is 3.60. The summed E-state index contributed by atoms with van der Waals surface area (Å²) in [5, 5.41) is 2.12. The van der Waals surface area contributed by atoms with E-state index >= 15 is 0 Å². The molecule has 1 aromatic carbocycles. The van der Waals surface area contributed by atoms with Gasteiger partial charge in [0, 0.05) is 40.9 Å². The fraction of sp³-hybridized carbons (Fsp3) is 0.0870. The molecule has 0 aliphatic carbocycles. The van der Waals surface area contributed by atoms with E-state index in [-0.39, 0.29) is 0 Å². The zero-order valence-electron chi connectivity index (χ0n) is 15.2. The van der Waals surface area contributed by atoms with E-state index in [4.69, 9.17) is 4.42 Å². The number of pyridine rings is 3. The molecule has 5 rings (SSSR count). The largest absolute Gasteiger partial charge is 0.437 e. The summed E-state index contributed by atoms with van der Waals surface area (Å²) in [5.41, 5.74) is 6.91. The van der Waals surface area contributed by atoms with Crippen molar-refractivity contribution in [1.29, 1.82) is 0 Å². The highest BCUT2D eigenvalue weighted by Crippen LogP contribution is 2.36. The van der Waals surface area contributed by atoms with Gasteiger partial charge >= 0.3 is 0 Å². The Morgan fingerprint density at radius 3 is 2.63 bits per heavy atom. The summed E-state index contributed by atoms with van der Waals surface area (Å²) in [4.78, 5) is 8.88. The van der Waals surface area contributed by atoms with Crippen LogP contribution in [0.4, 0.5) is 0 Å². The quantitative estimate of drug-likeness (QED) is 0.427. The van der Waals surface area contributed by atoms with Crippen LogP contribution in [-0.4, -0.2) is 9.97 Å². The van der Waals surface area contributed by atoms with E-state index in [0.29, 0.717) is 5.71 Å². The van der Waals surface area contributed by atoms with Crippen molar-refractivity contribution in [2.45, 2.75) is 6.92 Å². The number of hydrogen-bond donors (Lipinski definition) is 0. The maximum absolute atomic E-state index is 6.18. The first kappa shape index (κ1) is 15.7. The van der Waals surface area contributed by atoms with Crippen LogP contribution in [-0.2, 0) is 7.05 Å². The third-order valence-electron chi connectivity index (χ3n) is 4.99. The molecule has 0 bridgehead atoms. The van der Waals surface area contributed by atoms with Gasteiger partial charge in [-0.3, -0.25) is 4.98 Å². The van der Waals surface area contributed by atoms with Crippen molar-refractivity contribution in [2.24, 2.45) is 7.05 Å². The zero-order chi connectivity index (χ0) is 18.4. The summed E-state index contributed by atoms with van der Waals surface area (Å²) in [7, 11) is 2.05. The van der Waals surface area contributed by atoms with E-state index < -0.39 is 0 Å². The van der Waals surface area contributed by atoms with Gasteiger partial charge in [-0.05, 0) is 36.8 Å². The highest BCUT2D eigenvalue weighted by atomic mass is 16.3. The summed E-state index contributed by atoms with van der Waals surface area (Å²) in [6, 6.07) is 18.5. The van der Waals surface area contributed by atoms with Gasteiger partial charge in [-0.15, -0.1) is 0 Å². The van der Waals surface area contributed by atoms with Crippen LogP contribution in [0.2, 0.25) is 0 Å². The summed E-state index contributed by atoms with van der Waals surface area (Å²) in [6.45, 7) is 2.11. The molecule has 0 amide bonds. The molecule has 0 unspecified atom stereocenters. The molecule has 0 atom stereocenters. The van der Waals surface area contributed by atoms with Gasteiger partial charge in [0.05, 0.1) is 11.3 Å².